The molecule has 0 bridgehead atoms. The highest BCUT2D eigenvalue weighted by atomic mass is 19.1. The lowest BCUT2D eigenvalue weighted by atomic mass is 9.88. The van der Waals surface area contributed by atoms with Crippen molar-refractivity contribution in [2.24, 2.45) is 5.92 Å². The monoisotopic (exact) mass is 379 g/mol. The number of rotatable bonds is 6. The van der Waals surface area contributed by atoms with Crippen molar-refractivity contribution in [3.63, 3.8) is 0 Å². The zero-order chi connectivity index (χ0) is 20.0. The smallest absolute Gasteiger partial charge is 0.318 e. The van der Waals surface area contributed by atoms with E-state index < -0.39 is 0 Å². The Morgan fingerprint density at radius 2 is 2.07 bits per heavy atom. The molecule has 0 aromatic heterocycles. The van der Waals surface area contributed by atoms with Crippen LogP contribution in [-0.4, -0.2) is 49.7 Å². The molecule has 2 rings (SSSR count). The lowest BCUT2D eigenvalue weighted by Gasteiger charge is -2.40. The van der Waals surface area contributed by atoms with Crippen LogP contribution in [0, 0.1) is 18.7 Å². The summed E-state index contributed by atoms with van der Waals surface area (Å²) in [6.45, 7) is 6.74. The summed E-state index contributed by atoms with van der Waals surface area (Å²) >= 11 is 0. The molecule has 3 amide bonds. The highest BCUT2D eigenvalue weighted by Gasteiger charge is 2.35. The van der Waals surface area contributed by atoms with Gasteiger partial charge >= 0.3 is 6.03 Å². The Labute approximate surface area is 160 Å². The fourth-order valence-electron chi connectivity index (χ4n) is 3.38. The molecular formula is C20H30FN3O3. The summed E-state index contributed by atoms with van der Waals surface area (Å²) in [5.74, 6) is -0.594. The molecule has 1 aliphatic heterocycles. The van der Waals surface area contributed by atoms with Crippen LogP contribution in [0.2, 0.25) is 0 Å². The Morgan fingerprint density at radius 1 is 1.33 bits per heavy atom. The molecule has 0 radical (unpaired) electrons. The fraction of sp³-hybridized carbons (Fsp3) is 0.600. The van der Waals surface area contributed by atoms with Crippen LogP contribution < -0.4 is 10.6 Å². The Balaban J connectivity index is 2.17. The first-order valence-electron chi connectivity index (χ1n) is 9.43. The number of carbonyl (C=O) groups is 2. The second-order valence-corrected chi connectivity index (χ2v) is 7.34. The molecule has 1 aliphatic rings. The van der Waals surface area contributed by atoms with Gasteiger partial charge in [0.15, 0.2) is 0 Å². The van der Waals surface area contributed by atoms with Crippen LogP contribution in [0.25, 0.3) is 0 Å². The summed E-state index contributed by atoms with van der Waals surface area (Å²) in [4.78, 5) is 26.9. The van der Waals surface area contributed by atoms with E-state index in [9.17, 15) is 14.0 Å². The number of hydrogen-bond acceptors (Lipinski definition) is 3. The molecule has 2 N–H and O–H groups in total. The van der Waals surface area contributed by atoms with Gasteiger partial charge in [0.25, 0.3) is 0 Å². The van der Waals surface area contributed by atoms with Crippen molar-refractivity contribution < 1.29 is 18.7 Å². The van der Waals surface area contributed by atoms with Crippen molar-refractivity contribution in [3.05, 3.63) is 35.1 Å². The number of ether oxygens (including phenoxy) is 1. The van der Waals surface area contributed by atoms with Crippen molar-refractivity contribution in [2.45, 2.75) is 45.7 Å². The summed E-state index contributed by atoms with van der Waals surface area (Å²) in [6, 6.07) is 4.56. The maximum atomic E-state index is 13.7. The van der Waals surface area contributed by atoms with Gasteiger partial charge in [-0.2, -0.15) is 0 Å². The minimum absolute atomic E-state index is 0.0102. The predicted octanol–water partition coefficient (Wildman–Crippen LogP) is 2.77. The van der Waals surface area contributed by atoms with Crippen molar-refractivity contribution in [1.82, 2.24) is 15.5 Å². The Morgan fingerprint density at radius 3 is 2.70 bits per heavy atom. The molecule has 27 heavy (non-hydrogen) atoms. The minimum atomic E-state index is -0.266. The third kappa shape index (κ3) is 5.66. The highest BCUT2D eigenvalue weighted by molar-refractivity contribution is 5.81. The average Bonchev–Trinajstić information content (AvgIpc) is 2.63. The van der Waals surface area contributed by atoms with Crippen molar-refractivity contribution in [1.29, 1.82) is 0 Å². The van der Waals surface area contributed by atoms with Gasteiger partial charge in [-0.05, 0) is 50.8 Å². The number of piperidine rings is 1. The summed E-state index contributed by atoms with van der Waals surface area (Å²) in [6.07, 6.45) is 1.32. The number of methoxy groups -OCH3 is 1. The van der Waals surface area contributed by atoms with Gasteiger partial charge in [-0.25, -0.2) is 9.18 Å². The van der Waals surface area contributed by atoms with Crippen molar-refractivity contribution in [3.8, 4) is 0 Å². The molecule has 150 valence electrons. The zero-order valence-electron chi connectivity index (χ0n) is 16.5. The highest BCUT2D eigenvalue weighted by Crippen LogP contribution is 2.34. The summed E-state index contributed by atoms with van der Waals surface area (Å²) < 4.78 is 18.6. The van der Waals surface area contributed by atoms with E-state index in [0.717, 1.165) is 5.56 Å². The second kappa shape index (κ2) is 9.69. The number of nitrogens with zero attached hydrogens (tertiary/aromatic N) is 1. The maximum absolute atomic E-state index is 13.7. The average molecular weight is 379 g/mol. The summed E-state index contributed by atoms with van der Waals surface area (Å²) in [7, 11) is 1.58. The van der Waals surface area contributed by atoms with Gasteiger partial charge in [-0.3, -0.25) is 4.79 Å². The number of hydrogen-bond donors (Lipinski definition) is 2. The molecule has 0 spiro atoms. The Kier molecular flexibility index (Phi) is 7.59. The molecule has 7 heteroatoms. The Bertz CT molecular complexity index is 666. The first kappa shape index (κ1) is 21.2. The lowest BCUT2D eigenvalue weighted by Crippen LogP contribution is -2.51. The van der Waals surface area contributed by atoms with Crippen molar-refractivity contribution in [2.75, 3.05) is 26.8 Å². The quantitative estimate of drug-likeness (QED) is 0.747. The SMILES string of the molecule is COCCNC(=O)C1CCC(c2ccc(F)c(C)c2)N(C(=O)NC(C)C)C1. The van der Waals surface area contributed by atoms with E-state index in [0.29, 0.717) is 38.1 Å². The molecule has 1 aromatic rings. The van der Waals surface area contributed by atoms with Gasteiger partial charge in [0, 0.05) is 26.2 Å². The zero-order valence-corrected chi connectivity index (χ0v) is 16.5. The molecule has 0 aliphatic carbocycles. The van der Waals surface area contributed by atoms with E-state index in [1.54, 1.807) is 31.1 Å². The number of likely N-dealkylation sites (tertiary alicyclic amines) is 1. The van der Waals surface area contributed by atoms with Crippen LogP contribution in [-0.2, 0) is 9.53 Å². The molecule has 1 saturated heterocycles. The van der Waals surface area contributed by atoms with E-state index in [1.165, 1.54) is 6.07 Å². The van der Waals surface area contributed by atoms with Gasteiger partial charge < -0.3 is 20.3 Å². The molecule has 6 nitrogen and oxygen atoms in total. The van der Waals surface area contributed by atoms with Gasteiger partial charge in [0.1, 0.15) is 5.82 Å². The topological polar surface area (TPSA) is 70.7 Å². The largest absolute Gasteiger partial charge is 0.383 e. The normalized spacial score (nSPS) is 19.9. The fourth-order valence-corrected chi connectivity index (χ4v) is 3.38. The van der Waals surface area contributed by atoms with Crippen LogP contribution in [0.3, 0.4) is 0 Å². The standard InChI is InChI=1S/C20H30FN3O3/c1-13(2)23-20(26)24-12-16(19(25)22-9-10-27-4)6-8-18(24)15-5-7-17(21)14(3)11-15/h5,7,11,13,16,18H,6,8-10,12H2,1-4H3,(H,22,25)(H,23,26). The summed E-state index contributed by atoms with van der Waals surface area (Å²) in [5, 5.41) is 5.76. The summed E-state index contributed by atoms with van der Waals surface area (Å²) in [5.41, 5.74) is 1.45. The second-order valence-electron chi connectivity index (χ2n) is 7.34. The molecule has 1 fully saturated rings. The number of urea groups is 1. The molecule has 1 heterocycles. The lowest BCUT2D eigenvalue weighted by molar-refractivity contribution is -0.127. The van der Waals surface area contributed by atoms with E-state index in [2.05, 4.69) is 10.6 Å². The molecule has 2 unspecified atom stereocenters. The van der Waals surface area contributed by atoms with E-state index >= 15 is 0 Å². The van der Waals surface area contributed by atoms with Crippen LogP contribution in [0.1, 0.15) is 43.9 Å². The number of halogens is 1. The minimum Gasteiger partial charge on any atom is -0.383 e. The number of benzene rings is 1. The van der Waals surface area contributed by atoms with Gasteiger partial charge in [-0.15, -0.1) is 0 Å². The Hall–Kier alpha value is -2.15. The predicted molar refractivity (Wildman–Crippen MR) is 102 cm³/mol. The molecule has 1 aromatic carbocycles. The first-order valence-corrected chi connectivity index (χ1v) is 9.43. The van der Waals surface area contributed by atoms with Gasteiger partial charge in [0.05, 0.1) is 18.6 Å². The van der Waals surface area contributed by atoms with Gasteiger partial charge in [-0.1, -0.05) is 12.1 Å². The number of carbonyl (C=O) groups excluding carboxylic acids is 2. The van der Waals surface area contributed by atoms with E-state index in [4.69, 9.17) is 4.74 Å². The third-order valence-corrected chi connectivity index (χ3v) is 4.80. The van der Waals surface area contributed by atoms with Crippen LogP contribution in [0.4, 0.5) is 9.18 Å². The number of amides is 3. The maximum Gasteiger partial charge on any atom is 0.318 e. The van der Waals surface area contributed by atoms with Crippen LogP contribution in [0.5, 0.6) is 0 Å². The molecule has 0 saturated carbocycles. The van der Waals surface area contributed by atoms with Crippen molar-refractivity contribution >= 4 is 11.9 Å². The van der Waals surface area contributed by atoms with Gasteiger partial charge in [0.2, 0.25) is 5.91 Å². The number of nitrogens with one attached hydrogen (secondary N) is 2. The third-order valence-electron chi connectivity index (χ3n) is 4.80. The molecular weight excluding hydrogens is 349 g/mol. The van der Waals surface area contributed by atoms with E-state index in [1.807, 2.05) is 13.8 Å². The number of aryl methyl sites for hydroxylation is 1. The van der Waals surface area contributed by atoms with E-state index in [-0.39, 0.29) is 35.8 Å². The van der Waals surface area contributed by atoms with Crippen LogP contribution in [0.15, 0.2) is 18.2 Å². The molecule has 2 atom stereocenters. The first-order chi connectivity index (χ1) is 12.8. The van der Waals surface area contributed by atoms with Crippen LogP contribution >= 0.6 is 0 Å².